The van der Waals surface area contributed by atoms with E-state index < -0.39 is 6.10 Å². The highest BCUT2D eigenvalue weighted by atomic mass is 32.1. The number of thiophene rings is 1. The second kappa shape index (κ2) is 13.1. The molecule has 6 nitrogen and oxygen atoms in total. The molecule has 0 spiro atoms. The summed E-state index contributed by atoms with van der Waals surface area (Å²) in [5, 5.41) is 12.5. The van der Waals surface area contributed by atoms with E-state index in [4.69, 9.17) is 9.47 Å². The van der Waals surface area contributed by atoms with Crippen LogP contribution in [-0.2, 0) is 16.0 Å². The van der Waals surface area contributed by atoms with Crippen molar-refractivity contribution in [3.63, 3.8) is 0 Å². The fraction of sp³-hybridized carbons (Fsp3) is 0.577. The van der Waals surface area contributed by atoms with Crippen molar-refractivity contribution in [1.29, 1.82) is 0 Å². The normalized spacial score (nSPS) is 16.6. The third kappa shape index (κ3) is 7.54. The second-order valence-corrected chi connectivity index (χ2v) is 9.80. The molecule has 0 aliphatic carbocycles. The zero-order valence-corrected chi connectivity index (χ0v) is 21.0. The Morgan fingerprint density at radius 1 is 1.36 bits per heavy atom. The molecule has 2 atom stereocenters. The van der Waals surface area contributed by atoms with Gasteiger partial charge in [0.05, 0.1) is 18.7 Å². The number of carbonyl (C=O) groups is 1. The van der Waals surface area contributed by atoms with Crippen molar-refractivity contribution in [3.05, 3.63) is 51.7 Å². The van der Waals surface area contributed by atoms with Crippen molar-refractivity contribution in [2.45, 2.75) is 51.7 Å². The zero-order valence-electron chi connectivity index (χ0n) is 20.2. The Labute approximate surface area is 202 Å². The van der Waals surface area contributed by atoms with Gasteiger partial charge < -0.3 is 19.5 Å². The van der Waals surface area contributed by atoms with Gasteiger partial charge in [-0.1, -0.05) is 25.5 Å². The number of aryl methyl sites for hydroxylation is 1. The molecule has 1 aliphatic rings. The molecule has 0 bridgehead atoms. The van der Waals surface area contributed by atoms with Gasteiger partial charge >= 0.3 is 0 Å². The summed E-state index contributed by atoms with van der Waals surface area (Å²) in [6.45, 7) is 7.40. The topological polar surface area (TPSA) is 62.2 Å². The quantitative estimate of drug-likeness (QED) is 0.444. The van der Waals surface area contributed by atoms with Crippen LogP contribution in [-0.4, -0.2) is 73.4 Å². The SMILES string of the molecule is CCCC(O)CN(CCCOC)CC(=O)N1CCc2sccc2C1COc1cccc(C)c1. The number of hydrogen-bond acceptors (Lipinski definition) is 6. The Morgan fingerprint density at radius 3 is 2.97 bits per heavy atom. The molecule has 1 aromatic carbocycles. The highest BCUT2D eigenvalue weighted by Crippen LogP contribution is 2.34. The minimum Gasteiger partial charge on any atom is -0.491 e. The highest BCUT2D eigenvalue weighted by molar-refractivity contribution is 7.10. The first-order valence-corrected chi connectivity index (χ1v) is 12.8. The predicted octanol–water partition coefficient (Wildman–Crippen LogP) is 4.06. The number of ether oxygens (including phenoxy) is 2. The Morgan fingerprint density at radius 2 is 2.21 bits per heavy atom. The number of methoxy groups -OCH3 is 1. The molecule has 1 aromatic heterocycles. The smallest absolute Gasteiger partial charge is 0.237 e. The van der Waals surface area contributed by atoms with Gasteiger partial charge in [-0.15, -0.1) is 11.3 Å². The number of carbonyl (C=O) groups excluding carboxylic acids is 1. The molecule has 0 fully saturated rings. The van der Waals surface area contributed by atoms with Crippen molar-refractivity contribution in [2.24, 2.45) is 0 Å². The number of benzene rings is 1. The molecule has 0 radical (unpaired) electrons. The Bertz CT molecular complexity index is 871. The van der Waals surface area contributed by atoms with Gasteiger partial charge in [0.25, 0.3) is 0 Å². The van der Waals surface area contributed by atoms with E-state index in [2.05, 4.69) is 23.3 Å². The number of aliphatic hydroxyl groups is 1. The maximum absolute atomic E-state index is 13.5. The molecule has 1 N–H and O–H groups in total. The van der Waals surface area contributed by atoms with Crippen LogP contribution in [0.25, 0.3) is 0 Å². The minimum absolute atomic E-state index is 0.0887. The Kier molecular flexibility index (Phi) is 10.2. The van der Waals surface area contributed by atoms with Crippen LogP contribution in [0.3, 0.4) is 0 Å². The van der Waals surface area contributed by atoms with E-state index in [1.807, 2.05) is 36.1 Å². The third-order valence-electron chi connectivity index (χ3n) is 6.09. The molecule has 1 amide bonds. The minimum atomic E-state index is -0.421. The molecule has 7 heteroatoms. The maximum Gasteiger partial charge on any atom is 0.237 e. The largest absolute Gasteiger partial charge is 0.491 e. The standard InChI is InChI=1S/C26H38N2O4S/c1-4-7-21(29)17-27(12-6-14-31-3)18-26(30)28-13-10-25-23(11-15-33-25)24(28)19-32-22-9-5-8-20(2)16-22/h5,8-9,11,15-16,21,24,29H,4,6-7,10,12-14,17-19H2,1-3H3. The number of amides is 1. The summed E-state index contributed by atoms with van der Waals surface area (Å²) in [4.78, 5) is 18.9. The second-order valence-electron chi connectivity index (χ2n) is 8.80. The van der Waals surface area contributed by atoms with E-state index in [9.17, 15) is 9.90 Å². The molecule has 3 rings (SSSR count). The number of hydrogen-bond donors (Lipinski definition) is 1. The summed E-state index contributed by atoms with van der Waals surface area (Å²) in [5.41, 5.74) is 2.35. The molecular formula is C26H38N2O4S. The summed E-state index contributed by atoms with van der Waals surface area (Å²) >= 11 is 1.76. The van der Waals surface area contributed by atoms with Crippen LogP contribution in [0, 0.1) is 6.92 Å². The van der Waals surface area contributed by atoms with E-state index in [0.717, 1.165) is 43.5 Å². The van der Waals surface area contributed by atoms with Crippen LogP contribution in [0.15, 0.2) is 35.7 Å². The molecular weight excluding hydrogens is 436 g/mol. The summed E-state index contributed by atoms with van der Waals surface area (Å²) in [7, 11) is 1.69. The molecule has 2 aromatic rings. The summed E-state index contributed by atoms with van der Waals surface area (Å²) in [5.74, 6) is 0.916. The first kappa shape index (κ1) is 25.7. The van der Waals surface area contributed by atoms with Crippen LogP contribution in [0.4, 0.5) is 0 Å². The van der Waals surface area contributed by atoms with Gasteiger partial charge in [-0.05, 0) is 60.9 Å². The van der Waals surface area contributed by atoms with Crippen LogP contribution >= 0.6 is 11.3 Å². The summed E-state index contributed by atoms with van der Waals surface area (Å²) in [6, 6.07) is 10.1. The zero-order chi connectivity index (χ0) is 23.6. The lowest BCUT2D eigenvalue weighted by molar-refractivity contribution is -0.136. The van der Waals surface area contributed by atoms with Crippen LogP contribution in [0.5, 0.6) is 5.75 Å². The number of nitrogens with zero attached hydrogens (tertiary/aromatic N) is 2. The van der Waals surface area contributed by atoms with Gasteiger partial charge in [-0.25, -0.2) is 0 Å². The molecule has 0 saturated heterocycles. The van der Waals surface area contributed by atoms with E-state index in [0.29, 0.717) is 32.8 Å². The summed E-state index contributed by atoms with van der Waals surface area (Å²) in [6.07, 6.45) is 2.95. The van der Waals surface area contributed by atoms with Crippen molar-refractivity contribution in [3.8, 4) is 5.75 Å². The van der Waals surface area contributed by atoms with Gasteiger partial charge in [0.1, 0.15) is 12.4 Å². The van der Waals surface area contributed by atoms with E-state index in [1.165, 1.54) is 10.4 Å². The van der Waals surface area contributed by atoms with Crippen LogP contribution in [0.2, 0.25) is 0 Å². The molecule has 2 unspecified atom stereocenters. The van der Waals surface area contributed by atoms with Crippen molar-refractivity contribution < 1.29 is 19.4 Å². The van der Waals surface area contributed by atoms with Crippen LogP contribution < -0.4 is 4.74 Å². The molecule has 33 heavy (non-hydrogen) atoms. The van der Waals surface area contributed by atoms with Gasteiger partial charge in [0.15, 0.2) is 0 Å². The molecule has 1 aliphatic heterocycles. The average Bonchev–Trinajstić information content (AvgIpc) is 3.27. The molecule has 0 saturated carbocycles. The van der Waals surface area contributed by atoms with Crippen molar-refractivity contribution in [1.82, 2.24) is 9.80 Å². The summed E-state index contributed by atoms with van der Waals surface area (Å²) < 4.78 is 11.4. The number of fused-ring (bicyclic) bond motifs is 1. The highest BCUT2D eigenvalue weighted by Gasteiger charge is 2.33. The first-order chi connectivity index (χ1) is 16.0. The van der Waals surface area contributed by atoms with Crippen LogP contribution in [0.1, 0.15) is 48.2 Å². The lowest BCUT2D eigenvalue weighted by Gasteiger charge is -2.37. The molecule has 182 valence electrons. The monoisotopic (exact) mass is 474 g/mol. The fourth-order valence-electron chi connectivity index (χ4n) is 4.43. The third-order valence-corrected chi connectivity index (χ3v) is 7.08. The predicted molar refractivity (Wildman–Crippen MR) is 133 cm³/mol. The Hall–Kier alpha value is -1.93. The van der Waals surface area contributed by atoms with Gasteiger partial charge in [0, 0.05) is 38.2 Å². The van der Waals surface area contributed by atoms with E-state index in [-0.39, 0.29) is 11.9 Å². The van der Waals surface area contributed by atoms with Gasteiger partial charge in [-0.3, -0.25) is 9.69 Å². The maximum atomic E-state index is 13.5. The van der Waals surface area contributed by atoms with Crippen molar-refractivity contribution >= 4 is 17.2 Å². The number of aliphatic hydroxyl groups excluding tert-OH is 1. The lowest BCUT2D eigenvalue weighted by atomic mass is 10.0. The Balaban J connectivity index is 1.70. The molecule has 2 heterocycles. The van der Waals surface area contributed by atoms with Gasteiger partial charge in [-0.2, -0.15) is 0 Å². The average molecular weight is 475 g/mol. The van der Waals surface area contributed by atoms with Crippen molar-refractivity contribution in [2.75, 3.05) is 46.5 Å². The van der Waals surface area contributed by atoms with E-state index >= 15 is 0 Å². The van der Waals surface area contributed by atoms with Gasteiger partial charge in [0.2, 0.25) is 5.91 Å². The first-order valence-electron chi connectivity index (χ1n) is 12.0. The lowest BCUT2D eigenvalue weighted by Crippen LogP contribution is -2.48. The number of rotatable bonds is 13. The fourth-order valence-corrected chi connectivity index (χ4v) is 5.36. The van der Waals surface area contributed by atoms with E-state index in [1.54, 1.807) is 18.4 Å².